The zero-order valence-corrected chi connectivity index (χ0v) is 28.4. The van der Waals surface area contributed by atoms with Crippen molar-refractivity contribution in [3.8, 4) is 0 Å². The van der Waals surface area contributed by atoms with Gasteiger partial charge in [-0.05, 0) is 68.4 Å². The number of benzene rings is 4. The van der Waals surface area contributed by atoms with Gasteiger partial charge in [0.25, 0.3) is 25.6 Å². The van der Waals surface area contributed by atoms with Crippen LogP contribution in [0.4, 0.5) is 5.69 Å². The van der Waals surface area contributed by atoms with Crippen LogP contribution in [0.25, 0.3) is 49.1 Å². The first-order chi connectivity index (χ1) is 23.9. The number of hydrogen-bond donors (Lipinski definition) is 0. The van der Waals surface area contributed by atoms with Crippen LogP contribution in [0, 0.1) is 13.8 Å². The zero-order chi connectivity index (χ0) is 35.1. The summed E-state index contributed by atoms with van der Waals surface area (Å²) in [6, 6.07) is 26.5. The molecule has 0 atom stereocenters. The molecule has 0 radical (unpaired) electrons. The van der Waals surface area contributed by atoms with Crippen molar-refractivity contribution in [1.29, 1.82) is 0 Å². The molecule has 0 aliphatic heterocycles. The van der Waals surface area contributed by atoms with E-state index in [1.807, 2.05) is 18.2 Å². The highest BCUT2D eigenvalue weighted by atomic mass is 32.3. The van der Waals surface area contributed by atoms with E-state index in [0.717, 1.165) is 16.5 Å². The van der Waals surface area contributed by atoms with Crippen molar-refractivity contribution in [3.05, 3.63) is 130 Å². The lowest BCUT2D eigenvalue weighted by Crippen LogP contribution is -2.37. The molecule has 11 nitrogen and oxygen atoms in total. The van der Waals surface area contributed by atoms with Gasteiger partial charge in [-0.1, -0.05) is 59.7 Å². The largest absolute Gasteiger partial charge is 0.464 e. The standard InChI is InChI=1S/C37H26N4O7S2/c1-21-8-14-25(15-9-21)49(44,45)41(50(46,47)26-16-10-22(2)11-17-26)24-13-12-23-18-29-33(38-30(23)19-24)34-35-28(20-31(39-34)37(43)48-3)27-6-4-5-7-32(27)40(35)36(29)42/h4-20H,1-3H3. The highest BCUT2D eigenvalue weighted by molar-refractivity contribution is 8.10. The Bertz CT molecular complexity index is 2920. The van der Waals surface area contributed by atoms with E-state index in [2.05, 4.69) is 4.98 Å². The summed E-state index contributed by atoms with van der Waals surface area (Å²) in [7, 11) is -8.14. The van der Waals surface area contributed by atoms with Gasteiger partial charge in [0.15, 0.2) is 0 Å². The van der Waals surface area contributed by atoms with E-state index < -0.39 is 26.0 Å². The fraction of sp³-hybridized carbons (Fsp3) is 0.0811. The van der Waals surface area contributed by atoms with Crippen molar-refractivity contribution in [2.75, 3.05) is 10.8 Å². The summed E-state index contributed by atoms with van der Waals surface area (Å²) in [5.41, 5.74) is 2.71. The number of methoxy groups -OCH3 is 1. The fourth-order valence-electron chi connectivity index (χ4n) is 6.32. The van der Waals surface area contributed by atoms with Crippen LogP contribution >= 0.6 is 0 Å². The first kappa shape index (κ1) is 31.4. The normalized spacial score (nSPS) is 12.4. The number of aromatic nitrogens is 3. The summed E-state index contributed by atoms with van der Waals surface area (Å²) in [5, 5.41) is 1.97. The van der Waals surface area contributed by atoms with Gasteiger partial charge in [-0.2, -0.15) is 3.71 Å². The van der Waals surface area contributed by atoms with Crippen LogP contribution in [-0.2, 0) is 24.8 Å². The molecule has 0 aliphatic carbocycles. The van der Waals surface area contributed by atoms with Gasteiger partial charge in [-0.25, -0.2) is 31.6 Å². The number of hydrogen-bond acceptors (Lipinski definition) is 9. The van der Waals surface area contributed by atoms with Gasteiger partial charge in [0.05, 0.1) is 44.5 Å². The monoisotopic (exact) mass is 702 g/mol. The summed E-state index contributed by atoms with van der Waals surface area (Å²) in [4.78, 5) is 35.8. The predicted molar refractivity (Wildman–Crippen MR) is 191 cm³/mol. The molecule has 0 saturated carbocycles. The second kappa shape index (κ2) is 11.1. The lowest BCUT2D eigenvalue weighted by molar-refractivity contribution is 0.0594. The Hall–Kier alpha value is -5.92. The SMILES string of the molecule is COC(=O)c1cc2c3ccccc3n3c(=O)c4cc5ccc(N(S(=O)(=O)c6ccc(C)cc6)S(=O)(=O)c6ccc(C)cc6)cc5nc4c(n1)c23. The lowest BCUT2D eigenvalue weighted by atomic mass is 10.1. The van der Waals surface area contributed by atoms with E-state index in [9.17, 15) is 26.4 Å². The van der Waals surface area contributed by atoms with Crippen LogP contribution in [-0.4, -0.2) is 44.3 Å². The Morgan fingerprint density at radius 2 is 1.32 bits per heavy atom. The summed E-state index contributed by atoms with van der Waals surface area (Å²) in [6.07, 6.45) is 0. The van der Waals surface area contributed by atoms with Crippen LogP contribution in [0.15, 0.2) is 118 Å². The first-order valence-electron chi connectivity index (χ1n) is 15.4. The van der Waals surface area contributed by atoms with Crippen molar-refractivity contribution in [1.82, 2.24) is 14.4 Å². The molecule has 0 amide bonds. The van der Waals surface area contributed by atoms with Crippen LogP contribution in [0.3, 0.4) is 0 Å². The van der Waals surface area contributed by atoms with Crippen LogP contribution in [0.5, 0.6) is 0 Å². The number of fused-ring (bicyclic) bond motifs is 6. The van der Waals surface area contributed by atoms with E-state index in [4.69, 9.17) is 9.72 Å². The van der Waals surface area contributed by atoms with Gasteiger partial charge in [-0.15, -0.1) is 0 Å². The second-order valence-corrected chi connectivity index (χ2v) is 15.8. The van der Waals surface area contributed by atoms with Gasteiger partial charge in [-0.3, -0.25) is 9.20 Å². The number of nitrogens with zero attached hydrogens (tertiary/aromatic N) is 4. The Kier molecular flexibility index (Phi) is 6.93. The molecule has 248 valence electrons. The third-order valence-electron chi connectivity index (χ3n) is 8.79. The molecular weight excluding hydrogens is 677 g/mol. The van der Waals surface area contributed by atoms with E-state index in [1.165, 1.54) is 49.6 Å². The van der Waals surface area contributed by atoms with Crippen molar-refractivity contribution < 1.29 is 26.4 Å². The van der Waals surface area contributed by atoms with Gasteiger partial charge in [0.1, 0.15) is 16.7 Å². The average molecular weight is 703 g/mol. The van der Waals surface area contributed by atoms with Crippen molar-refractivity contribution in [3.63, 3.8) is 0 Å². The Morgan fingerprint density at radius 3 is 1.94 bits per heavy atom. The summed E-state index contributed by atoms with van der Waals surface area (Å²) in [5.74, 6) is -0.681. The number of pyridine rings is 3. The Labute approximate surface area is 285 Å². The predicted octanol–water partition coefficient (Wildman–Crippen LogP) is 6.13. The molecule has 13 heteroatoms. The quantitative estimate of drug-likeness (QED) is 0.114. The summed E-state index contributed by atoms with van der Waals surface area (Å²) < 4.78 is 63.9. The average Bonchev–Trinajstić information content (AvgIpc) is 3.44. The number of esters is 1. The van der Waals surface area contributed by atoms with Crippen molar-refractivity contribution in [2.45, 2.75) is 23.6 Å². The molecule has 8 aromatic rings. The third kappa shape index (κ3) is 4.61. The highest BCUT2D eigenvalue weighted by Gasteiger charge is 2.37. The maximum Gasteiger partial charge on any atom is 0.356 e. The molecule has 0 spiro atoms. The first-order valence-corrected chi connectivity index (χ1v) is 18.2. The molecule has 4 aromatic heterocycles. The molecule has 0 fully saturated rings. The van der Waals surface area contributed by atoms with E-state index in [1.54, 1.807) is 60.7 Å². The van der Waals surface area contributed by atoms with Crippen molar-refractivity contribution in [2.24, 2.45) is 0 Å². The fourth-order valence-corrected chi connectivity index (χ4v) is 10.00. The van der Waals surface area contributed by atoms with Crippen LogP contribution in [0.1, 0.15) is 21.6 Å². The Balaban J connectivity index is 1.44. The van der Waals surface area contributed by atoms with E-state index >= 15 is 0 Å². The number of para-hydroxylation sites is 1. The molecular formula is C37H26N4O7S2. The minimum absolute atomic E-state index is 0.00778. The maximum atomic E-state index is 14.2. The van der Waals surface area contributed by atoms with Gasteiger partial charge in [0.2, 0.25) is 0 Å². The maximum absolute atomic E-state index is 14.2. The third-order valence-corrected chi connectivity index (χ3v) is 13.0. The smallest absolute Gasteiger partial charge is 0.356 e. The number of carbonyl (C=O) groups is 1. The minimum Gasteiger partial charge on any atom is -0.464 e. The van der Waals surface area contributed by atoms with Crippen molar-refractivity contribution >= 4 is 80.8 Å². The summed E-state index contributed by atoms with van der Waals surface area (Å²) in [6.45, 7) is 3.58. The molecule has 4 aromatic carbocycles. The molecule has 0 saturated heterocycles. The molecule has 0 bridgehead atoms. The lowest BCUT2D eigenvalue weighted by Gasteiger charge is -2.24. The van der Waals surface area contributed by atoms with Gasteiger partial charge in [0, 0.05) is 16.2 Å². The van der Waals surface area contributed by atoms with Gasteiger partial charge >= 0.3 is 5.97 Å². The number of rotatable bonds is 6. The topological polar surface area (TPSA) is 145 Å². The zero-order valence-electron chi connectivity index (χ0n) is 26.8. The molecule has 4 heterocycles. The molecule has 0 unspecified atom stereocenters. The number of ether oxygens (including phenoxy) is 1. The van der Waals surface area contributed by atoms with Gasteiger partial charge < -0.3 is 4.74 Å². The van der Waals surface area contributed by atoms with Crippen LogP contribution < -0.4 is 9.27 Å². The van der Waals surface area contributed by atoms with Crippen LogP contribution in [0.2, 0.25) is 0 Å². The number of carbonyl (C=O) groups excluding carboxylic acids is 1. The minimum atomic E-state index is -4.69. The molecule has 50 heavy (non-hydrogen) atoms. The van der Waals surface area contributed by atoms with E-state index in [0.29, 0.717) is 25.5 Å². The van der Waals surface area contributed by atoms with E-state index in [-0.39, 0.29) is 48.7 Å². The molecule has 0 N–H and O–H groups in total. The Morgan fingerprint density at radius 1 is 0.700 bits per heavy atom. The number of aryl methyl sites for hydroxylation is 2. The second-order valence-electron chi connectivity index (χ2n) is 12.0. The summed E-state index contributed by atoms with van der Waals surface area (Å²) >= 11 is 0. The molecule has 0 aliphatic rings. The highest BCUT2D eigenvalue weighted by Crippen LogP contribution is 2.36. The molecule has 8 rings (SSSR count). The number of anilines is 1. The number of sulfonamides is 2.